The summed E-state index contributed by atoms with van der Waals surface area (Å²) in [6, 6.07) is 8.21. The Kier molecular flexibility index (Phi) is 7.24. The number of hydrogen-bond acceptors (Lipinski definition) is 5. The van der Waals surface area contributed by atoms with Crippen LogP contribution in [0, 0.1) is 18.2 Å². The van der Waals surface area contributed by atoms with E-state index in [0.717, 1.165) is 47.1 Å². The van der Waals surface area contributed by atoms with Crippen LogP contribution in [-0.2, 0) is 11.8 Å². The van der Waals surface area contributed by atoms with Gasteiger partial charge in [-0.15, -0.1) is 0 Å². The summed E-state index contributed by atoms with van der Waals surface area (Å²) in [6.07, 6.45) is 10.1. The van der Waals surface area contributed by atoms with Crippen molar-refractivity contribution in [2.45, 2.75) is 26.2 Å². The fourth-order valence-electron chi connectivity index (χ4n) is 4.87. The van der Waals surface area contributed by atoms with Gasteiger partial charge in [0, 0.05) is 50.0 Å². The molecule has 1 saturated carbocycles. The predicted octanol–water partition coefficient (Wildman–Crippen LogP) is 3.88. The number of aryl methyl sites for hydroxylation is 2. The Morgan fingerprint density at radius 3 is 2.76 bits per heavy atom. The van der Waals surface area contributed by atoms with E-state index in [0.29, 0.717) is 11.2 Å². The third-order valence-electron chi connectivity index (χ3n) is 7.25. The number of benzene rings is 1. The molecule has 0 atom stereocenters. The summed E-state index contributed by atoms with van der Waals surface area (Å²) in [5.41, 5.74) is 4.56. The first-order valence-electron chi connectivity index (χ1n) is 12.8. The second-order valence-corrected chi connectivity index (χ2v) is 10.3. The van der Waals surface area contributed by atoms with E-state index < -0.39 is 11.7 Å². The minimum absolute atomic E-state index is 0.153. The van der Waals surface area contributed by atoms with E-state index >= 15 is 0 Å². The molecule has 3 aromatic heterocycles. The number of aromatic nitrogens is 4. The van der Waals surface area contributed by atoms with Crippen LogP contribution < -0.4 is 10.6 Å². The lowest BCUT2D eigenvalue weighted by Gasteiger charge is -2.14. The number of fused-ring (bicyclic) bond motifs is 1. The molecule has 1 spiro atoms. The summed E-state index contributed by atoms with van der Waals surface area (Å²) in [6.45, 7) is 6.18. The van der Waals surface area contributed by atoms with Crippen molar-refractivity contribution < 1.29 is 14.0 Å². The molecule has 1 aromatic carbocycles. The van der Waals surface area contributed by atoms with Crippen LogP contribution in [0.4, 0.5) is 10.1 Å². The van der Waals surface area contributed by atoms with Crippen LogP contribution in [0.3, 0.4) is 0 Å². The number of rotatable bonds is 7. The molecule has 3 N–H and O–H groups in total. The molecule has 0 bridgehead atoms. The van der Waals surface area contributed by atoms with Gasteiger partial charge in [0.15, 0.2) is 0 Å². The number of anilines is 1. The molecule has 2 amide bonds. The van der Waals surface area contributed by atoms with E-state index in [4.69, 9.17) is 0 Å². The third kappa shape index (κ3) is 5.91. The van der Waals surface area contributed by atoms with Gasteiger partial charge in [0.25, 0.3) is 5.91 Å². The lowest BCUT2D eigenvalue weighted by molar-refractivity contribution is -0.109. The number of carbonyl (C=O) groups excluding carboxylic acids is 2. The van der Waals surface area contributed by atoms with E-state index in [1.807, 2.05) is 26.2 Å². The van der Waals surface area contributed by atoms with E-state index in [2.05, 4.69) is 30.6 Å². The fraction of sp³-hybridized carbons (Fsp3) is 0.357. The maximum atomic E-state index is 13.8. The molecule has 1 aliphatic carbocycles. The molecule has 4 aromatic rings. The highest BCUT2D eigenvalue weighted by atomic mass is 19.1. The van der Waals surface area contributed by atoms with Gasteiger partial charge >= 0.3 is 0 Å². The Hall–Kier alpha value is -4.05. The summed E-state index contributed by atoms with van der Waals surface area (Å²) in [7, 11) is 1.84. The van der Waals surface area contributed by atoms with Crippen molar-refractivity contribution in [1.29, 1.82) is 0 Å². The summed E-state index contributed by atoms with van der Waals surface area (Å²) in [5.74, 6) is -0.883. The molecule has 10 heteroatoms. The molecule has 4 heterocycles. The average molecular weight is 518 g/mol. The van der Waals surface area contributed by atoms with Gasteiger partial charge in [0.1, 0.15) is 11.5 Å². The Morgan fingerprint density at radius 1 is 1.21 bits per heavy atom. The standard InChI is InChI=1S/C19H16FN5O.C9H16N2O/c1-11-3-4-15(20)17(5-11)24-19(26)13-6-12-7-16(23-18(12)21-8-13)14-9-22-25(2)10-14;12-8-10-4-6-11-5-3-9(7-11)1-2-9/h3-10H,1-2H3,(H,21,23)(H,24,26);8H,1-7H2,(H,10,12). The van der Waals surface area contributed by atoms with Crippen LogP contribution in [-0.4, -0.2) is 63.1 Å². The van der Waals surface area contributed by atoms with Gasteiger partial charge in [-0.05, 0) is 68.0 Å². The number of halogens is 1. The number of H-pyrrole nitrogens is 1. The monoisotopic (exact) mass is 517 g/mol. The largest absolute Gasteiger partial charge is 0.357 e. The van der Waals surface area contributed by atoms with Crippen LogP contribution in [0.15, 0.2) is 48.9 Å². The molecule has 2 aliphatic rings. The maximum absolute atomic E-state index is 13.8. The van der Waals surface area contributed by atoms with Crippen molar-refractivity contribution >= 4 is 29.0 Å². The smallest absolute Gasteiger partial charge is 0.257 e. The summed E-state index contributed by atoms with van der Waals surface area (Å²) in [5, 5.41) is 10.2. The van der Waals surface area contributed by atoms with Gasteiger partial charge in [-0.2, -0.15) is 5.10 Å². The molecule has 0 unspecified atom stereocenters. The molecule has 6 rings (SSSR count). The van der Waals surface area contributed by atoms with Crippen LogP contribution in [0.2, 0.25) is 0 Å². The zero-order valence-corrected chi connectivity index (χ0v) is 21.6. The zero-order chi connectivity index (χ0) is 26.7. The second-order valence-electron chi connectivity index (χ2n) is 10.3. The maximum Gasteiger partial charge on any atom is 0.257 e. The van der Waals surface area contributed by atoms with Crippen molar-refractivity contribution in [1.82, 2.24) is 30.0 Å². The highest BCUT2D eigenvalue weighted by Crippen LogP contribution is 2.52. The van der Waals surface area contributed by atoms with Gasteiger partial charge in [0.05, 0.1) is 23.1 Å². The Bertz CT molecular complexity index is 1460. The quantitative estimate of drug-likeness (QED) is 0.255. The number of aromatic amines is 1. The van der Waals surface area contributed by atoms with E-state index in [9.17, 15) is 14.0 Å². The highest BCUT2D eigenvalue weighted by molar-refractivity contribution is 6.06. The molecule has 1 aliphatic heterocycles. The van der Waals surface area contributed by atoms with E-state index in [1.165, 1.54) is 44.6 Å². The molecule has 198 valence electrons. The van der Waals surface area contributed by atoms with Crippen molar-refractivity contribution in [3.05, 3.63) is 65.9 Å². The molecule has 0 radical (unpaired) electrons. The first kappa shape index (κ1) is 25.6. The number of amides is 2. The number of carbonyl (C=O) groups is 2. The van der Waals surface area contributed by atoms with Crippen LogP contribution >= 0.6 is 0 Å². The molecular weight excluding hydrogens is 485 g/mol. The average Bonchev–Trinajstić information content (AvgIpc) is 3.21. The van der Waals surface area contributed by atoms with E-state index in [-0.39, 0.29) is 5.69 Å². The molecule has 38 heavy (non-hydrogen) atoms. The van der Waals surface area contributed by atoms with Crippen LogP contribution in [0.5, 0.6) is 0 Å². The SMILES string of the molecule is Cc1ccc(F)c(NC(=O)c2cnc3[nH]c(-c4cnn(C)c4)cc3c2)c1.O=CNCCN1CCC2(CC2)C1. The highest BCUT2D eigenvalue weighted by Gasteiger charge is 2.47. The van der Waals surface area contributed by atoms with Gasteiger partial charge in [-0.25, -0.2) is 9.37 Å². The fourth-order valence-corrected chi connectivity index (χ4v) is 4.87. The van der Waals surface area contributed by atoms with Crippen molar-refractivity contribution in [3.8, 4) is 11.3 Å². The summed E-state index contributed by atoms with van der Waals surface area (Å²) in [4.78, 5) is 32.4. The molecular formula is C28H32FN7O2. The summed E-state index contributed by atoms with van der Waals surface area (Å²) < 4.78 is 15.6. The summed E-state index contributed by atoms with van der Waals surface area (Å²) >= 11 is 0. The topological polar surface area (TPSA) is 108 Å². The molecule has 2 fully saturated rings. The van der Waals surface area contributed by atoms with Crippen LogP contribution in [0.25, 0.3) is 22.3 Å². The normalized spacial score (nSPS) is 15.8. The molecule has 9 nitrogen and oxygen atoms in total. The van der Waals surface area contributed by atoms with E-state index in [1.54, 1.807) is 29.1 Å². The lowest BCUT2D eigenvalue weighted by atomic mass is 10.1. The number of pyridine rings is 1. The number of likely N-dealkylation sites (tertiary alicyclic amines) is 1. The van der Waals surface area contributed by atoms with Crippen molar-refractivity contribution in [3.63, 3.8) is 0 Å². The molecule has 1 saturated heterocycles. The lowest BCUT2D eigenvalue weighted by Crippen LogP contribution is -2.30. The van der Waals surface area contributed by atoms with Crippen molar-refractivity contribution in [2.24, 2.45) is 12.5 Å². The number of nitrogens with zero attached hydrogens (tertiary/aromatic N) is 4. The third-order valence-corrected chi connectivity index (χ3v) is 7.25. The minimum atomic E-state index is -0.474. The van der Waals surface area contributed by atoms with Gasteiger partial charge < -0.3 is 20.5 Å². The van der Waals surface area contributed by atoms with Crippen molar-refractivity contribution in [2.75, 3.05) is 31.5 Å². The Morgan fingerprint density at radius 2 is 2.05 bits per heavy atom. The van der Waals surface area contributed by atoms with Gasteiger partial charge in [-0.3, -0.25) is 14.3 Å². The zero-order valence-electron chi connectivity index (χ0n) is 21.6. The predicted molar refractivity (Wildman–Crippen MR) is 144 cm³/mol. The Balaban J connectivity index is 0.000000204. The number of hydrogen-bond donors (Lipinski definition) is 3. The minimum Gasteiger partial charge on any atom is -0.357 e. The first-order chi connectivity index (χ1) is 18.3. The van der Waals surface area contributed by atoms with Gasteiger partial charge in [-0.1, -0.05) is 6.07 Å². The number of nitrogens with one attached hydrogen (secondary N) is 3. The van der Waals surface area contributed by atoms with Gasteiger partial charge in [0.2, 0.25) is 6.41 Å². The first-order valence-corrected chi connectivity index (χ1v) is 12.8. The second kappa shape index (κ2) is 10.7. The Labute approximate surface area is 220 Å². The van der Waals surface area contributed by atoms with Crippen LogP contribution in [0.1, 0.15) is 35.2 Å².